The zero-order valence-corrected chi connectivity index (χ0v) is 23.6. The lowest BCUT2D eigenvalue weighted by Crippen LogP contribution is -2.60. The number of esters is 1. The molecule has 0 amide bonds. The Kier molecular flexibility index (Phi) is 7.60. The van der Waals surface area contributed by atoms with Gasteiger partial charge in [-0.15, -0.1) is 0 Å². The average Bonchev–Trinajstić information content (AvgIpc) is 3.23. The number of hydrogen-bond donors (Lipinski definition) is 1. The largest absolute Gasteiger partial charge is 0.496 e. The zero-order valence-electron chi connectivity index (χ0n) is 21.4. The summed E-state index contributed by atoms with van der Waals surface area (Å²) in [5, 5.41) is 11.9. The molecule has 0 spiro atoms. The van der Waals surface area contributed by atoms with Crippen LogP contribution in [0.1, 0.15) is 37.3 Å². The Bertz CT molecular complexity index is 1240. The van der Waals surface area contributed by atoms with Gasteiger partial charge in [-0.2, -0.15) is 0 Å². The quantitative estimate of drug-likeness (QED) is 0.205. The Morgan fingerprint density at radius 1 is 1.27 bits per heavy atom. The first kappa shape index (κ1) is 26.2. The van der Waals surface area contributed by atoms with Crippen molar-refractivity contribution in [3.63, 3.8) is 0 Å². The Morgan fingerprint density at radius 2 is 2.08 bits per heavy atom. The number of rotatable bonds is 7. The lowest BCUT2D eigenvalue weighted by Gasteiger charge is -2.50. The average molecular weight is 616 g/mol. The van der Waals surface area contributed by atoms with Gasteiger partial charge in [-0.1, -0.05) is 31.5 Å². The lowest BCUT2D eigenvalue weighted by atomic mass is 9.70. The summed E-state index contributed by atoms with van der Waals surface area (Å²) in [7, 11) is 3.04. The van der Waals surface area contributed by atoms with Crippen LogP contribution in [-0.4, -0.2) is 55.0 Å². The molecule has 37 heavy (non-hydrogen) atoms. The normalized spacial score (nSPS) is 27.0. The molecule has 0 aromatic heterocycles. The zero-order chi connectivity index (χ0) is 26.2. The highest BCUT2D eigenvalue weighted by atomic mass is 127. The molecule has 1 N–H and O–H groups in total. The highest BCUT2D eigenvalue weighted by Gasteiger charge is 2.54. The van der Waals surface area contributed by atoms with Crippen LogP contribution in [0.25, 0.3) is 0 Å². The molecule has 0 unspecified atom stereocenters. The summed E-state index contributed by atoms with van der Waals surface area (Å²) < 4.78 is 17.9. The number of halogens is 1. The molecule has 196 valence electrons. The molecule has 4 atom stereocenters. The van der Waals surface area contributed by atoms with Crippen LogP contribution in [0.5, 0.6) is 5.75 Å². The van der Waals surface area contributed by atoms with Gasteiger partial charge in [0.1, 0.15) is 18.0 Å². The molecule has 2 aromatic rings. The van der Waals surface area contributed by atoms with Crippen LogP contribution in [0.3, 0.4) is 0 Å². The number of carbonyl (C=O) groups excluding carboxylic acids is 1. The molecule has 3 aliphatic heterocycles. The van der Waals surface area contributed by atoms with Gasteiger partial charge in [0.25, 0.3) is 0 Å². The Morgan fingerprint density at radius 3 is 2.81 bits per heavy atom. The van der Waals surface area contributed by atoms with E-state index in [-0.39, 0.29) is 23.8 Å². The second kappa shape index (κ2) is 10.7. The second-order valence-electron chi connectivity index (χ2n) is 9.99. The van der Waals surface area contributed by atoms with E-state index in [1.54, 1.807) is 13.4 Å². The third-order valence-electron chi connectivity index (χ3n) is 8.03. The number of hydrogen-bond acceptors (Lipinski definition) is 7. The van der Waals surface area contributed by atoms with E-state index in [2.05, 4.69) is 40.5 Å². The summed E-state index contributed by atoms with van der Waals surface area (Å²) in [6, 6.07) is 13.7. The van der Waals surface area contributed by atoms with E-state index in [4.69, 9.17) is 19.2 Å². The molecule has 0 radical (unpaired) electrons. The summed E-state index contributed by atoms with van der Waals surface area (Å²) in [6.07, 6.45) is 3.74. The Hall–Kier alpha value is -2.43. The van der Waals surface area contributed by atoms with E-state index in [0.717, 1.165) is 45.6 Å². The molecular weight excluding hydrogens is 583 g/mol. The first-order chi connectivity index (χ1) is 17.9. The highest BCUT2D eigenvalue weighted by Crippen LogP contribution is 2.51. The fraction of sp³-hybridized carbons (Fsp3) is 0.448. The number of benzene rings is 2. The van der Waals surface area contributed by atoms with Gasteiger partial charge < -0.3 is 19.3 Å². The number of nitrogens with zero attached hydrogens (tertiary/aromatic N) is 2. The van der Waals surface area contributed by atoms with Crippen molar-refractivity contribution in [2.75, 3.05) is 27.3 Å². The fourth-order valence-electron chi connectivity index (χ4n) is 6.18. The number of piperidine rings is 2. The molecule has 3 aliphatic rings. The van der Waals surface area contributed by atoms with Gasteiger partial charge in [-0.25, -0.2) is 4.79 Å². The van der Waals surface area contributed by atoms with E-state index in [0.29, 0.717) is 30.8 Å². The van der Waals surface area contributed by atoms with Crippen molar-refractivity contribution >= 4 is 40.0 Å². The maximum Gasteiger partial charge on any atom is 0.337 e. The van der Waals surface area contributed by atoms with Gasteiger partial charge in [0, 0.05) is 16.7 Å². The Balaban J connectivity index is 1.44. The number of carbonyl (C=O) groups is 1. The van der Waals surface area contributed by atoms with Crippen LogP contribution in [-0.2, 0) is 26.5 Å². The molecule has 8 heteroatoms. The summed E-state index contributed by atoms with van der Waals surface area (Å²) >= 11 is 2.28. The second-order valence-corrected chi connectivity index (χ2v) is 11.2. The molecule has 2 saturated heterocycles. The Labute approximate surface area is 231 Å². The van der Waals surface area contributed by atoms with Crippen molar-refractivity contribution < 1.29 is 24.1 Å². The predicted molar refractivity (Wildman–Crippen MR) is 150 cm³/mol. The van der Waals surface area contributed by atoms with E-state index >= 15 is 0 Å². The third-order valence-corrected chi connectivity index (χ3v) is 8.70. The van der Waals surface area contributed by atoms with Crippen LogP contribution >= 0.6 is 22.6 Å². The first-order valence-electron chi connectivity index (χ1n) is 12.8. The minimum absolute atomic E-state index is 0.0785. The number of aliphatic hydroxyl groups is 1. The van der Waals surface area contributed by atoms with Gasteiger partial charge in [-0.05, 0) is 77.1 Å². The molecule has 2 aromatic carbocycles. The van der Waals surface area contributed by atoms with Gasteiger partial charge in [0.2, 0.25) is 0 Å². The maximum absolute atomic E-state index is 13.0. The summed E-state index contributed by atoms with van der Waals surface area (Å²) in [6.45, 7) is 4.10. The van der Waals surface area contributed by atoms with Crippen LogP contribution < -0.4 is 4.74 Å². The number of ether oxygens (including phenoxy) is 3. The van der Waals surface area contributed by atoms with Gasteiger partial charge in [0.05, 0.1) is 49.1 Å². The summed E-state index contributed by atoms with van der Waals surface area (Å²) in [5.41, 5.74) is 2.69. The molecule has 2 fully saturated rings. The van der Waals surface area contributed by atoms with Gasteiger partial charge in [0.15, 0.2) is 0 Å². The standard InChI is InChI=1S/C29H33IN2O5/c1-4-19-15-32-12-11-29(34)26-23(9-6-10-25(26)35-2)31-27(29)24(32)14-21(19)22(28(33)36-3)17-37-16-18-7-5-8-20(30)13-18/h5-10,13,17,19,21,24,34H,4,11-12,14-16H2,1-3H3/b22-17+/t19-,21+,24+,29+/m1/s1. The molecule has 0 saturated carbocycles. The lowest BCUT2D eigenvalue weighted by molar-refractivity contribution is -0.137. The van der Waals surface area contributed by atoms with Crippen molar-refractivity contribution in [1.82, 2.24) is 4.90 Å². The molecule has 5 rings (SSSR count). The maximum atomic E-state index is 13.0. The molecule has 3 heterocycles. The number of fused-ring (bicyclic) bond motifs is 5. The number of methoxy groups -OCH3 is 2. The smallest absolute Gasteiger partial charge is 0.337 e. The SMILES string of the molecule is CC[C@@H]1CN2CC[C@@]3(O)C(=Nc4cccc(OC)c43)[C@@H]2C[C@@H]1/C(=C\OCc1cccc(I)c1)C(=O)OC. The molecule has 0 aliphatic carbocycles. The predicted octanol–water partition coefficient (Wildman–Crippen LogP) is 4.97. The molecule has 0 bridgehead atoms. The topological polar surface area (TPSA) is 80.6 Å². The first-order valence-corrected chi connectivity index (χ1v) is 13.8. The van der Waals surface area contributed by atoms with E-state index in [9.17, 15) is 9.90 Å². The van der Waals surface area contributed by atoms with Crippen molar-refractivity contribution in [2.45, 2.75) is 44.4 Å². The van der Waals surface area contributed by atoms with Crippen molar-refractivity contribution in [2.24, 2.45) is 16.8 Å². The summed E-state index contributed by atoms with van der Waals surface area (Å²) in [5.74, 6) is 0.465. The van der Waals surface area contributed by atoms with E-state index in [1.165, 1.54) is 7.11 Å². The highest BCUT2D eigenvalue weighted by molar-refractivity contribution is 14.1. The minimum Gasteiger partial charge on any atom is -0.496 e. The van der Waals surface area contributed by atoms with E-state index in [1.807, 2.05) is 36.4 Å². The van der Waals surface area contributed by atoms with Crippen LogP contribution in [0.2, 0.25) is 0 Å². The summed E-state index contributed by atoms with van der Waals surface area (Å²) in [4.78, 5) is 20.4. The fourth-order valence-corrected chi connectivity index (χ4v) is 6.79. The van der Waals surface area contributed by atoms with Gasteiger partial charge >= 0.3 is 5.97 Å². The molecule has 7 nitrogen and oxygen atoms in total. The van der Waals surface area contributed by atoms with Crippen LogP contribution in [0, 0.1) is 15.4 Å². The van der Waals surface area contributed by atoms with Gasteiger partial charge in [-0.3, -0.25) is 9.89 Å². The monoisotopic (exact) mass is 616 g/mol. The minimum atomic E-state index is -1.16. The van der Waals surface area contributed by atoms with Crippen molar-refractivity contribution in [1.29, 1.82) is 0 Å². The van der Waals surface area contributed by atoms with E-state index < -0.39 is 5.60 Å². The van der Waals surface area contributed by atoms with Crippen molar-refractivity contribution in [3.8, 4) is 5.75 Å². The van der Waals surface area contributed by atoms with Crippen molar-refractivity contribution in [3.05, 3.63) is 69.0 Å². The van der Waals surface area contributed by atoms with Crippen LogP contribution in [0.15, 0.2) is 59.3 Å². The molecular formula is C29H33IN2O5. The van der Waals surface area contributed by atoms with Crippen LogP contribution in [0.4, 0.5) is 5.69 Å². The number of aliphatic imine (C=N–C) groups is 1. The third kappa shape index (κ3) is 4.79.